The van der Waals surface area contributed by atoms with Crippen molar-refractivity contribution in [1.29, 1.82) is 0 Å². The third kappa shape index (κ3) is 5.63. The Balaban J connectivity index is 1.29. The smallest absolute Gasteiger partial charge is 0.257 e. The number of anilines is 1. The number of amides is 2. The number of carbonyl (C=O) groups is 2. The summed E-state index contributed by atoms with van der Waals surface area (Å²) in [4.78, 5) is 31.7. The highest BCUT2D eigenvalue weighted by Crippen LogP contribution is 2.27. The van der Waals surface area contributed by atoms with Gasteiger partial charge in [0.1, 0.15) is 5.82 Å². The Bertz CT molecular complexity index is 1100. The number of nitrogens with one attached hydrogen (secondary N) is 1. The number of likely N-dealkylation sites (tertiary alicyclic amines) is 1. The van der Waals surface area contributed by atoms with E-state index in [2.05, 4.69) is 15.4 Å². The fraction of sp³-hybridized carbons (Fsp3) is 0.360. The first-order valence-electron chi connectivity index (χ1n) is 11.2. The van der Waals surface area contributed by atoms with Gasteiger partial charge in [0.2, 0.25) is 5.91 Å². The van der Waals surface area contributed by atoms with Crippen LogP contribution in [-0.4, -0.2) is 44.6 Å². The molecule has 2 amide bonds. The molecule has 2 aromatic heterocycles. The summed E-state index contributed by atoms with van der Waals surface area (Å²) in [5.41, 5.74) is 2.85. The van der Waals surface area contributed by atoms with Crippen LogP contribution in [0.4, 0.5) is 10.1 Å². The largest absolute Gasteiger partial charge is 0.342 e. The van der Waals surface area contributed by atoms with Gasteiger partial charge in [-0.2, -0.15) is 5.10 Å². The maximum absolute atomic E-state index is 13.0. The number of pyridine rings is 1. The molecule has 1 aliphatic rings. The van der Waals surface area contributed by atoms with Crippen molar-refractivity contribution in [3.8, 4) is 0 Å². The van der Waals surface area contributed by atoms with E-state index in [0.717, 1.165) is 24.2 Å². The zero-order valence-electron chi connectivity index (χ0n) is 18.9. The number of aromatic nitrogens is 3. The lowest BCUT2D eigenvalue weighted by molar-refractivity contribution is -0.136. The fourth-order valence-electron chi connectivity index (χ4n) is 4.15. The molecule has 172 valence electrons. The lowest BCUT2D eigenvalue weighted by Crippen LogP contribution is -2.41. The van der Waals surface area contributed by atoms with Gasteiger partial charge in [-0.15, -0.1) is 0 Å². The van der Waals surface area contributed by atoms with Gasteiger partial charge in [0.25, 0.3) is 5.91 Å². The number of aryl methyl sites for hydroxylation is 1. The molecule has 0 aliphatic carbocycles. The molecule has 7 nitrogen and oxygen atoms in total. The maximum Gasteiger partial charge on any atom is 0.257 e. The van der Waals surface area contributed by atoms with Crippen LogP contribution >= 0.6 is 0 Å². The lowest BCUT2D eigenvalue weighted by atomic mass is 9.92. The van der Waals surface area contributed by atoms with E-state index in [1.807, 2.05) is 41.8 Å². The van der Waals surface area contributed by atoms with E-state index in [-0.39, 0.29) is 29.5 Å². The molecule has 0 saturated carbocycles. The second-order valence-electron chi connectivity index (χ2n) is 8.61. The molecule has 1 N–H and O–H groups in total. The molecule has 0 unspecified atom stereocenters. The van der Waals surface area contributed by atoms with Crippen LogP contribution in [0.5, 0.6) is 0 Å². The SMILES string of the molecule is Cc1ccn(C[C@@H](C)C(=O)N2CCC(c3ccc(C(=O)Nc4ccc(F)cc4)cn3)CC2)n1. The van der Waals surface area contributed by atoms with Crippen molar-refractivity contribution in [2.24, 2.45) is 5.92 Å². The Hall–Kier alpha value is -3.55. The first-order valence-corrected chi connectivity index (χ1v) is 11.2. The van der Waals surface area contributed by atoms with Gasteiger partial charge in [-0.05, 0) is 62.2 Å². The molecule has 4 rings (SSSR count). The Labute approximate surface area is 192 Å². The van der Waals surface area contributed by atoms with Crippen LogP contribution in [0.2, 0.25) is 0 Å². The number of hydrogen-bond donors (Lipinski definition) is 1. The molecule has 0 spiro atoms. The van der Waals surface area contributed by atoms with Gasteiger partial charge >= 0.3 is 0 Å². The topological polar surface area (TPSA) is 80.1 Å². The van der Waals surface area contributed by atoms with Crippen LogP contribution in [-0.2, 0) is 11.3 Å². The van der Waals surface area contributed by atoms with Gasteiger partial charge in [-0.3, -0.25) is 19.3 Å². The Morgan fingerprint density at radius 2 is 1.85 bits per heavy atom. The van der Waals surface area contributed by atoms with Crippen molar-refractivity contribution in [2.75, 3.05) is 18.4 Å². The molecule has 1 fully saturated rings. The minimum atomic E-state index is -0.353. The van der Waals surface area contributed by atoms with E-state index < -0.39 is 0 Å². The third-order valence-corrected chi connectivity index (χ3v) is 6.03. The van der Waals surface area contributed by atoms with Gasteiger partial charge in [0, 0.05) is 42.8 Å². The average Bonchev–Trinajstić information content (AvgIpc) is 3.24. The summed E-state index contributed by atoms with van der Waals surface area (Å²) in [6.07, 6.45) is 5.15. The summed E-state index contributed by atoms with van der Waals surface area (Å²) in [7, 11) is 0. The molecule has 8 heteroatoms. The summed E-state index contributed by atoms with van der Waals surface area (Å²) in [5, 5.41) is 7.11. The quantitative estimate of drug-likeness (QED) is 0.616. The summed E-state index contributed by atoms with van der Waals surface area (Å²) < 4.78 is 14.8. The van der Waals surface area contributed by atoms with Crippen LogP contribution in [0.3, 0.4) is 0 Å². The molecule has 1 atom stereocenters. The molecule has 0 radical (unpaired) electrons. The second kappa shape index (κ2) is 9.94. The molecule has 3 aromatic rings. The van der Waals surface area contributed by atoms with Crippen molar-refractivity contribution in [2.45, 2.75) is 39.2 Å². The van der Waals surface area contributed by atoms with E-state index in [9.17, 15) is 14.0 Å². The van der Waals surface area contributed by atoms with Gasteiger partial charge in [-0.25, -0.2) is 4.39 Å². The normalized spacial score (nSPS) is 15.3. The predicted molar refractivity (Wildman–Crippen MR) is 123 cm³/mol. The van der Waals surface area contributed by atoms with Gasteiger partial charge < -0.3 is 10.2 Å². The van der Waals surface area contributed by atoms with E-state index in [0.29, 0.717) is 30.9 Å². The van der Waals surface area contributed by atoms with Gasteiger partial charge in [0.15, 0.2) is 0 Å². The van der Waals surface area contributed by atoms with Crippen LogP contribution in [0, 0.1) is 18.7 Å². The molecular weight excluding hydrogens is 421 g/mol. The number of piperidine rings is 1. The third-order valence-electron chi connectivity index (χ3n) is 6.03. The highest BCUT2D eigenvalue weighted by Gasteiger charge is 2.27. The Morgan fingerprint density at radius 3 is 2.45 bits per heavy atom. The number of carbonyl (C=O) groups excluding carboxylic acids is 2. The Morgan fingerprint density at radius 1 is 1.12 bits per heavy atom. The van der Waals surface area contributed by atoms with Crippen molar-refractivity contribution in [3.05, 3.63) is 77.6 Å². The molecule has 1 aliphatic heterocycles. The predicted octanol–water partition coefficient (Wildman–Crippen LogP) is 4.02. The average molecular weight is 450 g/mol. The molecule has 1 saturated heterocycles. The number of rotatable bonds is 6. The number of benzene rings is 1. The monoisotopic (exact) mass is 449 g/mol. The highest BCUT2D eigenvalue weighted by atomic mass is 19.1. The minimum absolute atomic E-state index is 0.127. The number of nitrogens with zero attached hydrogens (tertiary/aromatic N) is 4. The van der Waals surface area contributed by atoms with Crippen molar-refractivity contribution >= 4 is 17.5 Å². The molecule has 3 heterocycles. The summed E-state index contributed by atoms with van der Waals surface area (Å²) in [6.45, 7) is 5.85. The second-order valence-corrected chi connectivity index (χ2v) is 8.61. The summed E-state index contributed by atoms with van der Waals surface area (Å²) >= 11 is 0. The standard InChI is InChI=1S/C25H28FN5O2/c1-17(16-31-14-9-18(2)29-31)25(33)30-12-10-19(11-13-30)23-8-3-20(15-27-23)24(32)28-22-6-4-21(26)5-7-22/h3-9,14-15,17,19H,10-13,16H2,1-2H3,(H,28,32)/t17-/m1/s1. The minimum Gasteiger partial charge on any atom is -0.342 e. The van der Waals surface area contributed by atoms with Crippen molar-refractivity contribution in [3.63, 3.8) is 0 Å². The Kier molecular flexibility index (Phi) is 6.82. The van der Waals surface area contributed by atoms with Crippen LogP contribution in [0.1, 0.15) is 47.4 Å². The zero-order chi connectivity index (χ0) is 23.4. The molecular formula is C25H28FN5O2. The number of hydrogen-bond acceptors (Lipinski definition) is 4. The van der Waals surface area contributed by atoms with Crippen LogP contribution in [0.15, 0.2) is 54.9 Å². The molecule has 1 aromatic carbocycles. The molecule has 0 bridgehead atoms. The zero-order valence-corrected chi connectivity index (χ0v) is 18.9. The van der Waals surface area contributed by atoms with Gasteiger partial charge in [0.05, 0.1) is 23.7 Å². The first kappa shape index (κ1) is 22.6. The van der Waals surface area contributed by atoms with E-state index in [1.54, 1.807) is 12.3 Å². The van der Waals surface area contributed by atoms with E-state index in [4.69, 9.17) is 0 Å². The summed E-state index contributed by atoms with van der Waals surface area (Å²) in [5.74, 6) is -0.357. The van der Waals surface area contributed by atoms with Gasteiger partial charge in [-0.1, -0.05) is 6.92 Å². The van der Waals surface area contributed by atoms with Crippen molar-refractivity contribution in [1.82, 2.24) is 19.7 Å². The first-order chi connectivity index (χ1) is 15.9. The maximum atomic E-state index is 13.0. The molecule has 33 heavy (non-hydrogen) atoms. The van der Waals surface area contributed by atoms with E-state index >= 15 is 0 Å². The van der Waals surface area contributed by atoms with Crippen LogP contribution in [0.25, 0.3) is 0 Å². The van der Waals surface area contributed by atoms with E-state index in [1.165, 1.54) is 24.3 Å². The number of halogens is 1. The van der Waals surface area contributed by atoms with Crippen LogP contribution < -0.4 is 5.32 Å². The lowest BCUT2D eigenvalue weighted by Gasteiger charge is -2.33. The summed E-state index contributed by atoms with van der Waals surface area (Å²) in [6, 6.07) is 11.2. The highest BCUT2D eigenvalue weighted by molar-refractivity contribution is 6.04. The van der Waals surface area contributed by atoms with Crippen molar-refractivity contribution < 1.29 is 14.0 Å². The fourth-order valence-corrected chi connectivity index (χ4v) is 4.15.